The fourth-order valence-corrected chi connectivity index (χ4v) is 3.16. The third-order valence-corrected chi connectivity index (χ3v) is 4.89. The van der Waals surface area contributed by atoms with Crippen LogP contribution in [0, 0.1) is 6.92 Å². The molecule has 0 fully saturated rings. The van der Waals surface area contributed by atoms with Gasteiger partial charge in [-0.3, -0.25) is 9.59 Å². The molecule has 9 heteroatoms. The van der Waals surface area contributed by atoms with Crippen LogP contribution in [0.3, 0.4) is 0 Å². The fourth-order valence-electron chi connectivity index (χ4n) is 2.58. The Hall–Kier alpha value is -3.46. The summed E-state index contributed by atoms with van der Waals surface area (Å²) in [6.45, 7) is 2.07. The number of carbonyl (C=O) groups excluding carboxylic acids is 2. The second-order valence-corrected chi connectivity index (χ2v) is 7.20. The Balaban J connectivity index is 1.61. The van der Waals surface area contributed by atoms with Gasteiger partial charge in [0.1, 0.15) is 16.5 Å². The molecule has 29 heavy (non-hydrogen) atoms. The van der Waals surface area contributed by atoms with Crippen LogP contribution in [-0.2, 0) is 6.54 Å². The Bertz CT molecular complexity index is 1020. The van der Waals surface area contributed by atoms with Gasteiger partial charge in [-0.15, -0.1) is 10.2 Å². The molecule has 0 saturated heterocycles. The molecule has 1 aromatic heterocycles. The van der Waals surface area contributed by atoms with Crippen LogP contribution in [-0.4, -0.2) is 36.2 Å². The number of hydrogen-bond donors (Lipinski definition) is 2. The number of nitrogens with one attached hydrogen (secondary N) is 2. The highest BCUT2D eigenvalue weighted by Crippen LogP contribution is 2.24. The van der Waals surface area contributed by atoms with Crippen molar-refractivity contribution in [1.82, 2.24) is 15.5 Å². The van der Waals surface area contributed by atoms with E-state index in [0.717, 1.165) is 10.6 Å². The lowest BCUT2D eigenvalue weighted by atomic mass is 10.1. The van der Waals surface area contributed by atoms with Crippen molar-refractivity contribution in [2.45, 2.75) is 13.5 Å². The number of carbonyl (C=O) groups is 2. The molecule has 0 bridgehead atoms. The van der Waals surface area contributed by atoms with Crippen molar-refractivity contribution in [2.75, 3.05) is 19.5 Å². The van der Waals surface area contributed by atoms with E-state index in [2.05, 4.69) is 20.8 Å². The maximum absolute atomic E-state index is 12.4. The zero-order chi connectivity index (χ0) is 20.8. The second kappa shape index (κ2) is 9.16. The van der Waals surface area contributed by atoms with Gasteiger partial charge in [-0.25, -0.2) is 0 Å². The minimum absolute atomic E-state index is 0.243. The lowest BCUT2D eigenvalue weighted by Crippen LogP contribution is -2.23. The number of ether oxygens (including phenoxy) is 2. The molecule has 2 amide bonds. The topological polar surface area (TPSA) is 102 Å². The Labute approximate surface area is 171 Å². The largest absolute Gasteiger partial charge is 0.497 e. The molecular formula is C20H20N4O4S. The third kappa shape index (κ3) is 5.08. The third-order valence-electron chi connectivity index (χ3n) is 4.05. The van der Waals surface area contributed by atoms with Crippen LogP contribution in [0.2, 0.25) is 0 Å². The maximum atomic E-state index is 12.4. The molecule has 0 aliphatic heterocycles. The van der Waals surface area contributed by atoms with Crippen LogP contribution in [0.5, 0.6) is 11.5 Å². The highest BCUT2D eigenvalue weighted by Gasteiger charge is 2.13. The summed E-state index contributed by atoms with van der Waals surface area (Å²) in [5, 5.41) is 14.2. The van der Waals surface area contributed by atoms with Crippen LogP contribution in [0.4, 0.5) is 5.69 Å². The number of benzene rings is 2. The molecule has 150 valence electrons. The predicted molar refractivity (Wildman–Crippen MR) is 110 cm³/mol. The van der Waals surface area contributed by atoms with Gasteiger partial charge < -0.3 is 20.1 Å². The van der Waals surface area contributed by atoms with Crippen LogP contribution in [0.25, 0.3) is 0 Å². The SMILES string of the molecule is COc1ccc(OC)c(CNC(=O)c2ccc(NC(=O)c3nnc(C)s3)cc2)c1. The minimum atomic E-state index is -0.335. The van der Waals surface area contributed by atoms with Crippen LogP contribution >= 0.6 is 11.3 Å². The normalized spacial score (nSPS) is 10.3. The highest BCUT2D eigenvalue weighted by molar-refractivity contribution is 7.13. The molecular weight excluding hydrogens is 392 g/mol. The van der Waals surface area contributed by atoms with Gasteiger partial charge in [-0.1, -0.05) is 11.3 Å². The van der Waals surface area contributed by atoms with Gasteiger partial charge in [0.05, 0.1) is 14.2 Å². The lowest BCUT2D eigenvalue weighted by Gasteiger charge is -2.12. The predicted octanol–water partition coefficient (Wildman–Crippen LogP) is 3.05. The molecule has 2 N–H and O–H groups in total. The molecule has 1 heterocycles. The van der Waals surface area contributed by atoms with E-state index in [0.29, 0.717) is 22.7 Å². The Morgan fingerprint density at radius 3 is 2.38 bits per heavy atom. The van der Waals surface area contributed by atoms with Crippen LogP contribution in [0.15, 0.2) is 42.5 Å². The zero-order valence-electron chi connectivity index (χ0n) is 16.2. The Morgan fingerprint density at radius 1 is 1.00 bits per heavy atom. The number of rotatable bonds is 7. The van der Waals surface area contributed by atoms with E-state index in [1.54, 1.807) is 57.5 Å². The molecule has 0 saturated carbocycles. The molecule has 3 rings (SSSR count). The summed E-state index contributed by atoms with van der Waals surface area (Å²) in [5.74, 6) is 0.766. The second-order valence-electron chi connectivity index (χ2n) is 6.02. The van der Waals surface area contributed by atoms with Gasteiger partial charge in [0.2, 0.25) is 5.01 Å². The minimum Gasteiger partial charge on any atom is -0.497 e. The first-order chi connectivity index (χ1) is 14.0. The van der Waals surface area contributed by atoms with Gasteiger partial charge in [-0.05, 0) is 49.4 Å². The number of hydrogen-bond acceptors (Lipinski definition) is 7. The van der Waals surface area contributed by atoms with Gasteiger partial charge in [-0.2, -0.15) is 0 Å². The molecule has 0 radical (unpaired) electrons. The Kier molecular flexibility index (Phi) is 6.40. The summed E-state index contributed by atoms with van der Waals surface area (Å²) >= 11 is 1.22. The average Bonchev–Trinajstić information content (AvgIpc) is 3.18. The van der Waals surface area contributed by atoms with E-state index in [1.807, 2.05) is 6.07 Å². The van der Waals surface area contributed by atoms with Crippen molar-refractivity contribution in [3.63, 3.8) is 0 Å². The number of aryl methyl sites for hydroxylation is 1. The quantitative estimate of drug-likeness (QED) is 0.618. The first kappa shape index (κ1) is 20.3. The maximum Gasteiger partial charge on any atom is 0.286 e. The van der Waals surface area contributed by atoms with E-state index in [4.69, 9.17) is 9.47 Å². The zero-order valence-corrected chi connectivity index (χ0v) is 17.0. The first-order valence-electron chi connectivity index (χ1n) is 8.70. The van der Waals surface area contributed by atoms with Crippen LogP contribution in [0.1, 0.15) is 30.7 Å². The summed E-state index contributed by atoms with van der Waals surface area (Å²) in [5.41, 5.74) is 1.84. The molecule has 3 aromatic rings. The number of methoxy groups -OCH3 is 2. The van der Waals surface area contributed by atoms with Crippen molar-refractivity contribution in [1.29, 1.82) is 0 Å². The van der Waals surface area contributed by atoms with Gasteiger partial charge >= 0.3 is 0 Å². The Morgan fingerprint density at radius 2 is 1.76 bits per heavy atom. The van der Waals surface area contributed by atoms with Gasteiger partial charge in [0.25, 0.3) is 11.8 Å². The molecule has 0 aliphatic carbocycles. The van der Waals surface area contributed by atoms with Crippen LogP contribution < -0.4 is 20.1 Å². The molecule has 2 aromatic carbocycles. The van der Waals surface area contributed by atoms with E-state index in [-0.39, 0.29) is 23.4 Å². The molecule has 8 nitrogen and oxygen atoms in total. The summed E-state index contributed by atoms with van der Waals surface area (Å²) in [7, 11) is 3.15. The van der Waals surface area contributed by atoms with Gasteiger partial charge in [0, 0.05) is 23.4 Å². The summed E-state index contributed by atoms with van der Waals surface area (Å²) < 4.78 is 10.5. The van der Waals surface area contributed by atoms with E-state index < -0.39 is 0 Å². The number of amides is 2. The van der Waals surface area contributed by atoms with Crippen molar-refractivity contribution in [3.05, 3.63) is 63.6 Å². The number of aromatic nitrogens is 2. The molecule has 0 unspecified atom stereocenters. The summed E-state index contributed by atoms with van der Waals surface area (Å²) in [6.07, 6.45) is 0. The smallest absolute Gasteiger partial charge is 0.286 e. The van der Waals surface area contributed by atoms with Crippen molar-refractivity contribution >= 4 is 28.8 Å². The average molecular weight is 412 g/mol. The highest BCUT2D eigenvalue weighted by atomic mass is 32.1. The van der Waals surface area contributed by atoms with Crippen molar-refractivity contribution in [3.8, 4) is 11.5 Å². The van der Waals surface area contributed by atoms with E-state index in [9.17, 15) is 9.59 Å². The standard InChI is InChI=1S/C20H20N4O4S/c1-12-23-24-20(29-12)19(26)22-15-6-4-13(5-7-15)18(25)21-11-14-10-16(27-2)8-9-17(14)28-3/h4-10H,11H2,1-3H3,(H,21,25)(H,22,26). The van der Waals surface area contributed by atoms with Gasteiger partial charge in [0.15, 0.2) is 0 Å². The monoisotopic (exact) mass is 412 g/mol. The summed E-state index contributed by atoms with van der Waals surface area (Å²) in [6, 6.07) is 12.0. The number of nitrogens with zero attached hydrogens (tertiary/aromatic N) is 2. The fraction of sp³-hybridized carbons (Fsp3) is 0.200. The molecule has 0 aliphatic rings. The van der Waals surface area contributed by atoms with E-state index >= 15 is 0 Å². The lowest BCUT2D eigenvalue weighted by molar-refractivity contribution is 0.0950. The van der Waals surface area contributed by atoms with Crippen molar-refractivity contribution in [2.24, 2.45) is 0 Å². The first-order valence-corrected chi connectivity index (χ1v) is 9.52. The molecule has 0 spiro atoms. The van der Waals surface area contributed by atoms with Crippen molar-refractivity contribution < 1.29 is 19.1 Å². The number of anilines is 1. The summed E-state index contributed by atoms with van der Waals surface area (Å²) in [4.78, 5) is 24.6. The van der Waals surface area contributed by atoms with E-state index in [1.165, 1.54) is 11.3 Å². The molecule has 0 atom stereocenters.